The highest BCUT2D eigenvalue weighted by Gasteiger charge is 2.25. The van der Waals surface area contributed by atoms with E-state index in [0.29, 0.717) is 5.82 Å². The standard InChI is InChI=1S/C8H11N3O2/c1-5(12)7(6(2)13)8-9-4-10-11(8)3/h4,7H,1-3H3. The summed E-state index contributed by atoms with van der Waals surface area (Å²) in [6, 6.07) is 0. The molecule has 1 aromatic rings. The summed E-state index contributed by atoms with van der Waals surface area (Å²) in [4.78, 5) is 26.1. The van der Waals surface area contributed by atoms with Gasteiger partial charge in [-0.1, -0.05) is 0 Å². The Hall–Kier alpha value is -1.52. The molecule has 1 aromatic heterocycles. The number of aromatic nitrogens is 3. The average Bonchev–Trinajstić information content (AvgIpc) is 2.35. The molecule has 0 aliphatic heterocycles. The van der Waals surface area contributed by atoms with Crippen LogP contribution in [0.3, 0.4) is 0 Å². The summed E-state index contributed by atoms with van der Waals surface area (Å²) >= 11 is 0. The molecule has 0 fully saturated rings. The van der Waals surface area contributed by atoms with E-state index in [4.69, 9.17) is 0 Å². The Morgan fingerprint density at radius 2 is 1.92 bits per heavy atom. The summed E-state index contributed by atoms with van der Waals surface area (Å²) in [5.74, 6) is -0.778. The van der Waals surface area contributed by atoms with E-state index in [1.165, 1.54) is 24.9 Å². The fourth-order valence-corrected chi connectivity index (χ4v) is 1.22. The second-order valence-corrected chi connectivity index (χ2v) is 2.90. The van der Waals surface area contributed by atoms with E-state index in [2.05, 4.69) is 10.1 Å². The average molecular weight is 181 g/mol. The fraction of sp³-hybridized carbons (Fsp3) is 0.500. The van der Waals surface area contributed by atoms with Gasteiger partial charge in [0.15, 0.2) is 0 Å². The topological polar surface area (TPSA) is 64.8 Å². The summed E-state index contributed by atoms with van der Waals surface area (Å²) in [6.45, 7) is 2.75. The minimum atomic E-state index is -0.771. The van der Waals surface area contributed by atoms with Crippen LogP contribution in [0.5, 0.6) is 0 Å². The van der Waals surface area contributed by atoms with Crippen molar-refractivity contribution in [1.29, 1.82) is 0 Å². The molecule has 0 saturated heterocycles. The summed E-state index contributed by atoms with van der Waals surface area (Å²) < 4.78 is 1.44. The molecule has 0 amide bonds. The number of Topliss-reactive ketones (excluding diaryl/α,β-unsaturated/α-hetero) is 2. The first-order valence-electron chi connectivity index (χ1n) is 3.89. The second-order valence-electron chi connectivity index (χ2n) is 2.90. The van der Waals surface area contributed by atoms with Crippen molar-refractivity contribution in [3.63, 3.8) is 0 Å². The minimum Gasteiger partial charge on any atom is -0.299 e. The Balaban J connectivity index is 3.09. The van der Waals surface area contributed by atoms with Gasteiger partial charge < -0.3 is 0 Å². The van der Waals surface area contributed by atoms with E-state index in [9.17, 15) is 9.59 Å². The third kappa shape index (κ3) is 1.80. The van der Waals surface area contributed by atoms with Gasteiger partial charge in [0.2, 0.25) is 0 Å². The summed E-state index contributed by atoms with van der Waals surface area (Å²) in [7, 11) is 1.65. The number of hydrogen-bond donors (Lipinski definition) is 0. The predicted molar refractivity (Wildman–Crippen MR) is 45.1 cm³/mol. The van der Waals surface area contributed by atoms with Gasteiger partial charge in [-0.2, -0.15) is 5.10 Å². The highest BCUT2D eigenvalue weighted by molar-refractivity contribution is 6.04. The molecule has 0 spiro atoms. The lowest BCUT2D eigenvalue weighted by Gasteiger charge is -2.07. The molecule has 0 aliphatic rings. The molecule has 0 atom stereocenters. The van der Waals surface area contributed by atoms with Crippen LogP contribution in [0, 0.1) is 0 Å². The third-order valence-corrected chi connectivity index (χ3v) is 1.82. The van der Waals surface area contributed by atoms with Gasteiger partial charge in [-0.25, -0.2) is 4.98 Å². The van der Waals surface area contributed by atoms with Crippen LogP contribution in [0.1, 0.15) is 25.6 Å². The van der Waals surface area contributed by atoms with Crippen molar-refractivity contribution in [2.24, 2.45) is 7.05 Å². The van der Waals surface area contributed by atoms with Crippen molar-refractivity contribution in [2.45, 2.75) is 19.8 Å². The van der Waals surface area contributed by atoms with E-state index in [0.717, 1.165) is 0 Å². The lowest BCUT2D eigenvalue weighted by Crippen LogP contribution is -2.21. The molecular weight excluding hydrogens is 170 g/mol. The highest BCUT2D eigenvalue weighted by atomic mass is 16.1. The molecule has 0 saturated carbocycles. The van der Waals surface area contributed by atoms with Crippen molar-refractivity contribution >= 4 is 11.6 Å². The van der Waals surface area contributed by atoms with Gasteiger partial charge in [-0.05, 0) is 13.8 Å². The monoisotopic (exact) mass is 181 g/mol. The zero-order chi connectivity index (χ0) is 10.0. The van der Waals surface area contributed by atoms with E-state index >= 15 is 0 Å². The van der Waals surface area contributed by atoms with Crippen LogP contribution in [0.2, 0.25) is 0 Å². The van der Waals surface area contributed by atoms with E-state index in [1.807, 2.05) is 0 Å². The Morgan fingerprint density at radius 3 is 2.23 bits per heavy atom. The van der Waals surface area contributed by atoms with Crippen LogP contribution >= 0.6 is 0 Å². The summed E-state index contributed by atoms with van der Waals surface area (Å²) in [6.07, 6.45) is 1.33. The van der Waals surface area contributed by atoms with Crippen LogP contribution in [-0.2, 0) is 16.6 Å². The molecular formula is C8H11N3O2. The van der Waals surface area contributed by atoms with Crippen molar-refractivity contribution in [1.82, 2.24) is 14.8 Å². The first-order chi connectivity index (χ1) is 6.04. The Morgan fingerprint density at radius 1 is 1.38 bits per heavy atom. The number of carbonyl (C=O) groups excluding carboxylic acids is 2. The van der Waals surface area contributed by atoms with E-state index < -0.39 is 5.92 Å². The van der Waals surface area contributed by atoms with Crippen LogP contribution < -0.4 is 0 Å². The van der Waals surface area contributed by atoms with Gasteiger partial charge in [0, 0.05) is 7.05 Å². The van der Waals surface area contributed by atoms with Crippen LogP contribution in [0.25, 0.3) is 0 Å². The number of hydrogen-bond acceptors (Lipinski definition) is 4. The van der Waals surface area contributed by atoms with Crippen molar-refractivity contribution < 1.29 is 9.59 Å². The molecule has 0 aromatic carbocycles. The van der Waals surface area contributed by atoms with Gasteiger partial charge in [0.1, 0.15) is 29.6 Å². The number of nitrogens with zero attached hydrogens (tertiary/aromatic N) is 3. The molecule has 5 nitrogen and oxygen atoms in total. The molecule has 1 rings (SSSR count). The van der Waals surface area contributed by atoms with E-state index in [-0.39, 0.29) is 11.6 Å². The summed E-state index contributed by atoms with van der Waals surface area (Å²) in [5, 5.41) is 3.80. The van der Waals surface area contributed by atoms with Crippen molar-refractivity contribution in [3.8, 4) is 0 Å². The SMILES string of the molecule is CC(=O)C(C(C)=O)c1ncnn1C. The fourth-order valence-electron chi connectivity index (χ4n) is 1.22. The Labute approximate surface area is 75.8 Å². The molecule has 1 heterocycles. The number of rotatable bonds is 3. The maximum absolute atomic E-state index is 11.1. The maximum atomic E-state index is 11.1. The largest absolute Gasteiger partial charge is 0.299 e. The molecule has 0 unspecified atom stereocenters. The predicted octanol–water partition coefficient (Wildman–Crippen LogP) is 0.0767. The normalized spacial score (nSPS) is 10.5. The second kappa shape index (κ2) is 3.47. The maximum Gasteiger partial charge on any atom is 0.147 e. The zero-order valence-electron chi connectivity index (χ0n) is 7.81. The molecule has 13 heavy (non-hydrogen) atoms. The van der Waals surface area contributed by atoms with Crippen LogP contribution in [0.4, 0.5) is 0 Å². The lowest BCUT2D eigenvalue weighted by molar-refractivity contribution is -0.127. The summed E-state index contributed by atoms with van der Waals surface area (Å²) in [5.41, 5.74) is 0. The molecule has 70 valence electrons. The first-order valence-corrected chi connectivity index (χ1v) is 3.89. The minimum absolute atomic E-state index is 0.205. The van der Waals surface area contributed by atoms with Gasteiger partial charge in [-0.15, -0.1) is 0 Å². The van der Waals surface area contributed by atoms with Gasteiger partial charge >= 0.3 is 0 Å². The van der Waals surface area contributed by atoms with Gasteiger partial charge in [-0.3, -0.25) is 14.3 Å². The van der Waals surface area contributed by atoms with Gasteiger partial charge in [0.05, 0.1) is 0 Å². The first kappa shape index (κ1) is 9.57. The van der Waals surface area contributed by atoms with Crippen molar-refractivity contribution in [3.05, 3.63) is 12.2 Å². The van der Waals surface area contributed by atoms with Crippen LogP contribution in [-0.4, -0.2) is 26.3 Å². The number of ketones is 2. The number of carbonyl (C=O) groups is 2. The molecule has 0 bridgehead atoms. The molecule has 0 aliphatic carbocycles. The van der Waals surface area contributed by atoms with E-state index in [1.54, 1.807) is 7.05 Å². The molecule has 5 heteroatoms. The molecule has 0 radical (unpaired) electrons. The lowest BCUT2D eigenvalue weighted by atomic mass is 10.0. The Bertz CT molecular complexity index is 329. The quantitative estimate of drug-likeness (QED) is 0.619. The third-order valence-electron chi connectivity index (χ3n) is 1.82. The molecule has 0 N–H and O–H groups in total. The van der Waals surface area contributed by atoms with Crippen LogP contribution in [0.15, 0.2) is 6.33 Å². The number of aryl methyl sites for hydroxylation is 1. The zero-order valence-corrected chi connectivity index (χ0v) is 7.81. The van der Waals surface area contributed by atoms with Gasteiger partial charge in [0.25, 0.3) is 0 Å². The Kier molecular flexibility index (Phi) is 2.55. The van der Waals surface area contributed by atoms with Crippen molar-refractivity contribution in [2.75, 3.05) is 0 Å². The highest BCUT2D eigenvalue weighted by Crippen LogP contribution is 2.13. The smallest absolute Gasteiger partial charge is 0.147 e.